The van der Waals surface area contributed by atoms with Gasteiger partial charge in [0.05, 0.1) is 10.6 Å². The van der Waals surface area contributed by atoms with Gasteiger partial charge >= 0.3 is 0 Å². The van der Waals surface area contributed by atoms with Crippen LogP contribution < -0.4 is 5.73 Å². The number of aliphatic hydroxyl groups is 1. The Morgan fingerprint density at radius 1 is 1.42 bits per heavy atom. The first-order chi connectivity index (χ1) is 8.58. The van der Waals surface area contributed by atoms with Crippen molar-refractivity contribution in [1.82, 2.24) is 4.31 Å². The van der Waals surface area contributed by atoms with Crippen LogP contribution in [0.25, 0.3) is 0 Å². The fourth-order valence-corrected chi connectivity index (χ4v) is 3.77. The maximum atomic E-state index is 12.5. The van der Waals surface area contributed by atoms with E-state index in [1.54, 1.807) is 20.8 Å². The third-order valence-electron chi connectivity index (χ3n) is 2.49. The number of likely N-dealkylation sites (N-methyl/N-ethyl adjacent to an activating group) is 1. The van der Waals surface area contributed by atoms with Gasteiger partial charge < -0.3 is 10.8 Å². The van der Waals surface area contributed by atoms with Gasteiger partial charge in [0.15, 0.2) is 0 Å². The maximum Gasteiger partial charge on any atom is 0.244 e. The van der Waals surface area contributed by atoms with E-state index in [1.807, 2.05) is 0 Å². The second-order valence-corrected chi connectivity index (χ2v) is 7.25. The van der Waals surface area contributed by atoms with Crippen molar-refractivity contribution in [3.8, 4) is 0 Å². The molecule has 3 N–H and O–H groups in total. The lowest BCUT2D eigenvalue weighted by molar-refractivity contribution is 0.0601. The van der Waals surface area contributed by atoms with Gasteiger partial charge in [0.2, 0.25) is 10.0 Å². The summed E-state index contributed by atoms with van der Waals surface area (Å²) in [6.07, 6.45) is 0. The van der Waals surface area contributed by atoms with Crippen LogP contribution in [0.3, 0.4) is 0 Å². The van der Waals surface area contributed by atoms with E-state index in [-0.39, 0.29) is 23.0 Å². The fourth-order valence-electron chi connectivity index (χ4n) is 1.66. The first-order valence-corrected chi connectivity index (χ1v) is 7.67. The van der Waals surface area contributed by atoms with Gasteiger partial charge in [0.1, 0.15) is 4.90 Å². The van der Waals surface area contributed by atoms with E-state index in [1.165, 1.54) is 22.5 Å². The molecule has 1 aromatic carbocycles. The summed E-state index contributed by atoms with van der Waals surface area (Å²) < 4.78 is 26.2. The van der Waals surface area contributed by atoms with Gasteiger partial charge in [0, 0.05) is 18.8 Å². The summed E-state index contributed by atoms with van der Waals surface area (Å²) in [5.41, 5.74) is 4.79. The van der Waals surface area contributed by atoms with Crippen LogP contribution in [0.5, 0.6) is 0 Å². The Morgan fingerprint density at radius 3 is 2.47 bits per heavy atom. The van der Waals surface area contributed by atoms with Gasteiger partial charge in [-0.3, -0.25) is 0 Å². The monoisotopic (exact) mass is 306 g/mol. The summed E-state index contributed by atoms with van der Waals surface area (Å²) in [4.78, 5) is -0.0414. The third-order valence-corrected chi connectivity index (χ3v) is 4.89. The van der Waals surface area contributed by atoms with Crippen LogP contribution in [-0.2, 0) is 10.0 Å². The van der Waals surface area contributed by atoms with Gasteiger partial charge in [-0.05, 0) is 32.0 Å². The zero-order chi connectivity index (χ0) is 14.8. The molecule has 0 atom stereocenters. The number of benzene rings is 1. The van der Waals surface area contributed by atoms with E-state index >= 15 is 0 Å². The SMILES string of the molecule is CCN(CC(C)(C)O)S(=O)(=O)c1cc(N)ccc1Cl. The number of nitrogens with two attached hydrogens (primary N) is 1. The lowest BCUT2D eigenvalue weighted by Crippen LogP contribution is -2.42. The second kappa shape index (κ2) is 5.66. The summed E-state index contributed by atoms with van der Waals surface area (Å²) >= 11 is 5.93. The highest BCUT2D eigenvalue weighted by atomic mass is 35.5. The van der Waals surface area contributed by atoms with Crippen LogP contribution in [0.1, 0.15) is 20.8 Å². The number of rotatable bonds is 5. The average molecular weight is 307 g/mol. The summed E-state index contributed by atoms with van der Waals surface area (Å²) in [6, 6.07) is 4.31. The number of nitrogen functional groups attached to an aromatic ring is 1. The minimum atomic E-state index is -3.78. The molecule has 0 spiro atoms. The normalized spacial score (nSPS) is 12.9. The van der Waals surface area contributed by atoms with Gasteiger partial charge in [-0.15, -0.1) is 0 Å². The highest BCUT2D eigenvalue weighted by molar-refractivity contribution is 7.89. The quantitative estimate of drug-likeness (QED) is 0.811. The van der Waals surface area contributed by atoms with Crippen LogP contribution in [0.2, 0.25) is 5.02 Å². The van der Waals surface area contributed by atoms with Crippen molar-refractivity contribution >= 4 is 27.3 Å². The molecule has 0 amide bonds. The number of hydrogen-bond acceptors (Lipinski definition) is 4. The molecular formula is C12H19ClN2O3S. The van der Waals surface area contributed by atoms with Crippen LogP contribution >= 0.6 is 11.6 Å². The molecule has 5 nitrogen and oxygen atoms in total. The van der Waals surface area contributed by atoms with Gasteiger partial charge in [-0.25, -0.2) is 8.42 Å². The van der Waals surface area contributed by atoms with Gasteiger partial charge in [-0.1, -0.05) is 18.5 Å². The Kier molecular flexibility index (Phi) is 4.84. The van der Waals surface area contributed by atoms with Crippen LogP contribution in [-0.4, -0.2) is 36.5 Å². The molecule has 108 valence electrons. The summed E-state index contributed by atoms with van der Waals surface area (Å²) in [5.74, 6) is 0. The van der Waals surface area contributed by atoms with Crippen molar-refractivity contribution in [3.63, 3.8) is 0 Å². The molecule has 0 heterocycles. The molecule has 0 aliphatic heterocycles. The third kappa shape index (κ3) is 4.07. The lowest BCUT2D eigenvalue weighted by Gasteiger charge is -2.27. The Morgan fingerprint density at radius 2 is 2.00 bits per heavy atom. The molecule has 0 aliphatic carbocycles. The Labute approximate surface area is 119 Å². The molecular weight excluding hydrogens is 288 g/mol. The van der Waals surface area contributed by atoms with E-state index in [2.05, 4.69) is 0 Å². The molecule has 0 aromatic heterocycles. The topological polar surface area (TPSA) is 83.6 Å². The van der Waals surface area contributed by atoms with Crippen molar-refractivity contribution in [2.24, 2.45) is 0 Å². The Balaban J connectivity index is 3.25. The predicted octanol–water partition coefficient (Wildman–Crippen LogP) is 1.70. The first-order valence-electron chi connectivity index (χ1n) is 5.85. The summed E-state index contributed by atoms with van der Waals surface area (Å²) in [7, 11) is -3.78. The zero-order valence-corrected chi connectivity index (χ0v) is 12.8. The Hall–Kier alpha value is -0.820. The van der Waals surface area contributed by atoms with E-state index < -0.39 is 15.6 Å². The van der Waals surface area contributed by atoms with Crippen LogP contribution in [0.4, 0.5) is 5.69 Å². The highest BCUT2D eigenvalue weighted by Crippen LogP contribution is 2.27. The largest absolute Gasteiger partial charge is 0.399 e. The van der Waals surface area contributed by atoms with E-state index in [4.69, 9.17) is 17.3 Å². The van der Waals surface area contributed by atoms with Crippen molar-refractivity contribution < 1.29 is 13.5 Å². The number of hydrogen-bond donors (Lipinski definition) is 2. The molecule has 0 aliphatic rings. The lowest BCUT2D eigenvalue weighted by atomic mass is 10.1. The maximum absolute atomic E-state index is 12.5. The number of anilines is 1. The van der Waals surface area contributed by atoms with Crippen molar-refractivity contribution in [3.05, 3.63) is 23.2 Å². The van der Waals surface area contributed by atoms with E-state index in [0.717, 1.165) is 0 Å². The standard InChI is InChI=1S/C12H19ClN2O3S/c1-4-15(8-12(2,3)16)19(17,18)11-7-9(14)5-6-10(11)13/h5-7,16H,4,8,14H2,1-3H3. The van der Waals surface area contributed by atoms with Crippen LogP contribution in [0.15, 0.2) is 23.1 Å². The summed E-state index contributed by atoms with van der Waals surface area (Å²) in [6.45, 7) is 5.01. The fraction of sp³-hybridized carbons (Fsp3) is 0.500. The summed E-state index contributed by atoms with van der Waals surface area (Å²) in [5, 5.41) is 9.90. The molecule has 0 bridgehead atoms. The molecule has 0 radical (unpaired) electrons. The molecule has 0 saturated carbocycles. The minimum Gasteiger partial charge on any atom is -0.399 e. The van der Waals surface area contributed by atoms with Gasteiger partial charge in [-0.2, -0.15) is 4.31 Å². The smallest absolute Gasteiger partial charge is 0.244 e. The molecule has 19 heavy (non-hydrogen) atoms. The number of halogens is 1. The minimum absolute atomic E-state index is 0.0169. The Bertz CT molecular complexity index is 553. The van der Waals surface area contributed by atoms with E-state index in [9.17, 15) is 13.5 Å². The molecule has 1 rings (SSSR count). The van der Waals surface area contributed by atoms with Crippen LogP contribution in [0, 0.1) is 0 Å². The number of sulfonamides is 1. The van der Waals surface area contributed by atoms with Crippen molar-refractivity contribution in [1.29, 1.82) is 0 Å². The second-order valence-electron chi connectivity index (χ2n) is 4.93. The molecule has 0 saturated heterocycles. The molecule has 7 heteroatoms. The van der Waals surface area contributed by atoms with E-state index in [0.29, 0.717) is 5.69 Å². The zero-order valence-electron chi connectivity index (χ0n) is 11.2. The highest BCUT2D eigenvalue weighted by Gasteiger charge is 2.30. The van der Waals surface area contributed by atoms with Crippen molar-refractivity contribution in [2.45, 2.75) is 31.3 Å². The molecule has 1 aromatic rings. The predicted molar refractivity (Wildman–Crippen MR) is 76.6 cm³/mol. The van der Waals surface area contributed by atoms with Gasteiger partial charge in [0.25, 0.3) is 0 Å². The number of nitrogens with zero attached hydrogens (tertiary/aromatic N) is 1. The molecule has 0 unspecified atom stereocenters. The molecule has 0 fully saturated rings. The first kappa shape index (κ1) is 16.2. The average Bonchev–Trinajstić information content (AvgIpc) is 2.27. The van der Waals surface area contributed by atoms with Crippen molar-refractivity contribution in [2.75, 3.05) is 18.8 Å².